The molecule has 0 amide bonds. The first-order chi connectivity index (χ1) is 11.0. The standard InChI is InChI=1S/C12H26O3.C5H5F2Ge.Zr/c1-4-7-10-14-12(13,9-6-3)15-11-8-5-2;6-8(7)5-3-1-2-4-5;/h13H,4-11H2,1-3H3;1,3,8H,2H2;/q;-1;. The minimum absolute atomic E-state index is 0. The van der Waals surface area contributed by atoms with Crippen LogP contribution in [0.15, 0.2) is 16.6 Å². The van der Waals surface area contributed by atoms with Crippen molar-refractivity contribution in [3.63, 3.8) is 0 Å². The average Bonchev–Trinajstić information content (AvgIpc) is 3.03. The molecule has 140 valence electrons. The van der Waals surface area contributed by atoms with Crippen molar-refractivity contribution in [2.45, 2.75) is 71.7 Å². The predicted octanol–water partition coefficient (Wildman–Crippen LogP) is 4.44. The van der Waals surface area contributed by atoms with Crippen molar-refractivity contribution in [1.82, 2.24) is 0 Å². The second-order valence-corrected chi connectivity index (χ2v) is 7.97. The van der Waals surface area contributed by atoms with Gasteiger partial charge in [-0.2, -0.15) is 0 Å². The number of halogens is 2. The van der Waals surface area contributed by atoms with Crippen LogP contribution in [0, 0.1) is 6.08 Å². The Hall–Kier alpha value is 0.646. The first-order valence-electron chi connectivity index (χ1n) is 8.54. The van der Waals surface area contributed by atoms with E-state index >= 15 is 0 Å². The number of allylic oxidation sites excluding steroid dienone is 4. The molecule has 1 aliphatic carbocycles. The molecule has 0 aromatic rings. The summed E-state index contributed by atoms with van der Waals surface area (Å²) < 4.78 is 34.6. The van der Waals surface area contributed by atoms with Gasteiger partial charge < -0.3 is 14.6 Å². The molecule has 0 saturated heterocycles. The van der Waals surface area contributed by atoms with E-state index in [-0.39, 0.29) is 30.6 Å². The summed E-state index contributed by atoms with van der Waals surface area (Å²) in [5.41, 5.74) is 0. The van der Waals surface area contributed by atoms with Gasteiger partial charge >= 0.3 is 51.3 Å². The molecule has 0 radical (unpaired) electrons. The summed E-state index contributed by atoms with van der Waals surface area (Å²) in [5, 5.41) is 10.0. The quantitative estimate of drug-likeness (QED) is 0.204. The Bertz CT molecular complexity index is 343. The van der Waals surface area contributed by atoms with E-state index in [9.17, 15) is 12.1 Å². The number of hydrogen-bond acceptors (Lipinski definition) is 3. The van der Waals surface area contributed by atoms with Crippen LogP contribution in [0.1, 0.15) is 65.7 Å². The molecule has 1 N–H and O–H groups in total. The predicted molar refractivity (Wildman–Crippen MR) is 91.5 cm³/mol. The minimum atomic E-state index is -3.91. The van der Waals surface area contributed by atoms with Gasteiger partial charge in [0.25, 0.3) is 5.97 Å². The van der Waals surface area contributed by atoms with Gasteiger partial charge in [-0.25, -0.2) is 0 Å². The molecule has 0 heterocycles. The Morgan fingerprint density at radius 3 is 1.96 bits per heavy atom. The zero-order valence-electron chi connectivity index (χ0n) is 15.1. The van der Waals surface area contributed by atoms with Crippen LogP contribution in [0.4, 0.5) is 7.00 Å². The van der Waals surface area contributed by atoms with Crippen LogP contribution < -0.4 is 0 Å². The van der Waals surface area contributed by atoms with Crippen molar-refractivity contribution in [2.24, 2.45) is 0 Å². The summed E-state index contributed by atoms with van der Waals surface area (Å²) in [5.74, 6) is -1.35. The van der Waals surface area contributed by atoms with Crippen molar-refractivity contribution in [2.75, 3.05) is 13.2 Å². The summed E-state index contributed by atoms with van der Waals surface area (Å²) in [6, 6.07) is 0. The van der Waals surface area contributed by atoms with Crippen molar-refractivity contribution in [1.29, 1.82) is 0 Å². The molecule has 0 aromatic carbocycles. The van der Waals surface area contributed by atoms with Crippen LogP contribution in [0.2, 0.25) is 0 Å². The molecule has 0 bridgehead atoms. The maximum atomic E-state index is 11.8. The molecule has 1 rings (SSSR count). The van der Waals surface area contributed by atoms with E-state index in [0.29, 0.717) is 26.1 Å². The fourth-order valence-electron chi connectivity index (χ4n) is 1.83. The number of unbranched alkanes of at least 4 members (excludes halogenated alkanes) is 2. The summed E-state index contributed by atoms with van der Waals surface area (Å²) in [6.07, 6.45) is 11.8. The molecular weight excluding hydrogens is 454 g/mol. The fourth-order valence-corrected chi connectivity index (χ4v) is 2.99. The molecule has 24 heavy (non-hydrogen) atoms. The number of ether oxygens (including phenoxy) is 2. The van der Waals surface area contributed by atoms with Gasteiger partial charge in [0, 0.05) is 32.6 Å². The van der Waals surface area contributed by atoms with E-state index in [1.165, 1.54) is 6.08 Å². The van der Waals surface area contributed by atoms with Crippen LogP contribution >= 0.6 is 0 Å². The number of aliphatic hydroxyl groups is 1. The minimum Gasteiger partial charge on any atom is 0 e. The second-order valence-electron chi connectivity index (χ2n) is 5.41. The van der Waals surface area contributed by atoms with Gasteiger partial charge in [-0.05, 0) is 19.3 Å². The van der Waals surface area contributed by atoms with E-state index < -0.39 is 21.2 Å². The van der Waals surface area contributed by atoms with Crippen LogP contribution in [0.25, 0.3) is 0 Å². The van der Waals surface area contributed by atoms with E-state index in [1.807, 2.05) is 6.92 Å². The SMILES string of the molecule is CCCCOC(O)(CCC)OCCCC.[F][GeH]([F])[C]1=[C-]CC=C1.[Zr]. The number of hydrogen-bond donors (Lipinski definition) is 1. The third kappa shape index (κ3) is 13.9. The van der Waals surface area contributed by atoms with E-state index in [1.54, 1.807) is 6.08 Å². The Morgan fingerprint density at radius 2 is 1.67 bits per heavy atom. The van der Waals surface area contributed by atoms with Gasteiger partial charge in [0.05, 0.1) is 13.2 Å². The molecular formula is C17H31F2GeO3Zr-. The molecule has 0 aliphatic heterocycles. The van der Waals surface area contributed by atoms with Gasteiger partial charge in [-0.15, -0.1) is 0 Å². The molecule has 0 saturated carbocycles. The molecule has 0 aromatic heterocycles. The summed E-state index contributed by atoms with van der Waals surface area (Å²) in [7, 11) is 0. The summed E-state index contributed by atoms with van der Waals surface area (Å²) in [4.78, 5) is 0. The van der Waals surface area contributed by atoms with Crippen molar-refractivity contribution < 1.29 is 47.8 Å². The van der Waals surface area contributed by atoms with Crippen LogP contribution in [0.3, 0.4) is 0 Å². The normalized spacial score (nSPS) is 13.4. The average molecular weight is 485 g/mol. The topological polar surface area (TPSA) is 38.7 Å². The maximum Gasteiger partial charge on any atom is 0 e. The smallest absolute Gasteiger partial charge is 0 e. The van der Waals surface area contributed by atoms with E-state index in [2.05, 4.69) is 19.9 Å². The van der Waals surface area contributed by atoms with Gasteiger partial charge in [0.2, 0.25) is 0 Å². The molecule has 1 aliphatic rings. The Labute approximate surface area is 170 Å². The first-order valence-corrected chi connectivity index (χ1v) is 11.6. The van der Waals surface area contributed by atoms with Gasteiger partial charge in [0.15, 0.2) is 0 Å². The van der Waals surface area contributed by atoms with Crippen molar-refractivity contribution >= 4 is 15.3 Å². The number of rotatable bonds is 11. The van der Waals surface area contributed by atoms with E-state index in [4.69, 9.17) is 9.47 Å². The van der Waals surface area contributed by atoms with Crippen LogP contribution in [-0.2, 0) is 35.7 Å². The summed E-state index contributed by atoms with van der Waals surface area (Å²) >= 11 is -3.91. The third-order valence-electron chi connectivity index (χ3n) is 3.17. The molecule has 0 spiro atoms. The Morgan fingerprint density at radius 1 is 1.12 bits per heavy atom. The summed E-state index contributed by atoms with van der Waals surface area (Å²) in [6.45, 7) is 7.34. The van der Waals surface area contributed by atoms with Crippen LogP contribution in [-0.4, -0.2) is 39.6 Å². The first kappa shape index (κ1) is 26.9. The Balaban J connectivity index is 0. The molecule has 0 unspecified atom stereocenters. The second kappa shape index (κ2) is 17.1. The maximum absolute atomic E-state index is 11.8. The van der Waals surface area contributed by atoms with Crippen molar-refractivity contribution in [3.8, 4) is 0 Å². The van der Waals surface area contributed by atoms with Gasteiger partial charge in [-0.3, -0.25) is 0 Å². The molecule has 7 heteroatoms. The van der Waals surface area contributed by atoms with Crippen LogP contribution in [0.5, 0.6) is 0 Å². The van der Waals surface area contributed by atoms with Gasteiger partial charge in [0.1, 0.15) is 0 Å². The van der Waals surface area contributed by atoms with Crippen molar-refractivity contribution in [3.05, 3.63) is 22.6 Å². The third-order valence-corrected chi connectivity index (χ3v) is 4.99. The monoisotopic (exact) mass is 485 g/mol. The Kier molecular flexibility index (Phi) is 19.1. The largest absolute Gasteiger partial charge is 0 e. The van der Waals surface area contributed by atoms with E-state index in [0.717, 1.165) is 32.1 Å². The van der Waals surface area contributed by atoms with Gasteiger partial charge in [-0.1, -0.05) is 33.6 Å². The molecule has 0 fully saturated rings. The zero-order chi connectivity index (χ0) is 17.6. The molecule has 0 atom stereocenters. The fraction of sp³-hybridized carbons (Fsp3) is 0.765. The molecule has 3 nitrogen and oxygen atoms in total. The zero-order valence-corrected chi connectivity index (χ0v) is 20.0.